The van der Waals surface area contributed by atoms with Gasteiger partial charge in [-0.05, 0) is 43.0 Å². The third-order valence-corrected chi connectivity index (χ3v) is 3.58. The highest BCUT2D eigenvalue weighted by Gasteiger charge is 2.19. The Kier molecular flexibility index (Phi) is 10.3. The average molecular weight is 343 g/mol. The zero-order valence-electron chi connectivity index (χ0n) is 13.8. The monoisotopic (exact) mass is 342 g/mol. The van der Waals surface area contributed by atoms with Crippen molar-refractivity contribution in [3.8, 4) is 0 Å². The Hall–Kier alpha value is -1.59. The number of hydrogen-bond acceptors (Lipinski definition) is 4. The molecule has 0 aliphatic heterocycles. The molecule has 0 saturated heterocycles. The molecule has 0 aromatic heterocycles. The van der Waals surface area contributed by atoms with Crippen molar-refractivity contribution in [2.45, 2.75) is 52.6 Å². The van der Waals surface area contributed by atoms with Crippen LogP contribution in [0, 0.1) is 12.8 Å². The first-order valence-corrected chi connectivity index (χ1v) is 8.14. The predicted molar refractivity (Wildman–Crippen MR) is 88.7 cm³/mol. The van der Waals surface area contributed by atoms with Gasteiger partial charge in [0.1, 0.15) is 6.10 Å². The van der Waals surface area contributed by atoms with Gasteiger partial charge in [-0.1, -0.05) is 44.4 Å². The minimum absolute atomic E-state index is 0.109. The number of nitrogens with two attached hydrogens (primary N) is 1. The molecule has 1 aromatic carbocycles. The van der Waals surface area contributed by atoms with Crippen LogP contribution in [-0.4, -0.2) is 17.0 Å². The van der Waals surface area contributed by atoms with E-state index in [9.17, 15) is 14.7 Å². The summed E-state index contributed by atoms with van der Waals surface area (Å²) in [6, 6.07) is 4.62. The highest BCUT2D eigenvalue weighted by molar-refractivity contribution is 6.30. The topological polar surface area (TPSA) is 103 Å². The Morgan fingerprint density at radius 3 is 2.13 bits per heavy atom. The maximum atomic E-state index is 10.4. The fraction of sp³-hybridized carbons (Fsp3) is 0.529. The third kappa shape index (κ3) is 8.00. The van der Waals surface area contributed by atoms with Crippen LogP contribution < -0.4 is 10.8 Å². The van der Waals surface area contributed by atoms with Crippen LogP contribution in [0.25, 0.3) is 0 Å². The molecule has 0 radical (unpaired) electrons. The van der Waals surface area contributed by atoms with Gasteiger partial charge < -0.3 is 20.7 Å². The summed E-state index contributed by atoms with van der Waals surface area (Å²) in [4.78, 5) is 20.7. The minimum Gasteiger partial charge on any atom is -0.547 e. The number of aliphatic hydroxyl groups excluding tert-OH is 1. The molecule has 2 rings (SSSR count). The average Bonchev–Trinajstić information content (AvgIpc) is 3.02. The van der Waals surface area contributed by atoms with Crippen molar-refractivity contribution in [3.63, 3.8) is 0 Å². The lowest BCUT2D eigenvalue weighted by molar-refractivity contribution is -0.315. The van der Waals surface area contributed by atoms with Gasteiger partial charge in [-0.3, -0.25) is 4.79 Å². The predicted octanol–water partition coefficient (Wildman–Crippen LogP) is 2.12. The molecule has 6 heteroatoms. The van der Waals surface area contributed by atoms with Crippen LogP contribution in [0.5, 0.6) is 0 Å². The summed E-state index contributed by atoms with van der Waals surface area (Å²) in [6.07, 6.45) is 2.81. The highest BCUT2D eigenvalue weighted by Crippen LogP contribution is 2.23. The molecule has 0 spiro atoms. The molecule has 1 unspecified atom stereocenters. The fourth-order valence-corrected chi connectivity index (χ4v) is 2.57. The second-order valence-electron chi connectivity index (χ2n) is 5.17. The van der Waals surface area contributed by atoms with Gasteiger partial charge in [-0.15, -0.1) is 0 Å². The lowest BCUT2D eigenvalue weighted by Gasteiger charge is -2.12. The molecule has 5 nitrogen and oxygen atoms in total. The number of benzene rings is 1. The van der Waals surface area contributed by atoms with E-state index in [0.717, 1.165) is 18.4 Å². The first-order chi connectivity index (χ1) is 10.8. The first-order valence-electron chi connectivity index (χ1n) is 7.76. The lowest BCUT2D eigenvalue weighted by atomic mass is 10.1. The summed E-state index contributed by atoms with van der Waals surface area (Å²) >= 11 is 5.67. The maximum absolute atomic E-state index is 10.4. The highest BCUT2D eigenvalue weighted by atomic mass is 35.5. The number of carbonyl (C=O) groups excluding carboxylic acids is 2. The molecule has 23 heavy (non-hydrogen) atoms. The second-order valence-corrected chi connectivity index (χ2v) is 5.60. The lowest BCUT2D eigenvalue weighted by Crippen LogP contribution is -2.29. The largest absolute Gasteiger partial charge is 0.547 e. The number of aliphatic carboxylic acids is 1. The zero-order valence-corrected chi connectivity index (χ0v) is 14.6. The molecule has 1 aliphatic carbocycles. The number of halogens is 1. The van der Waals surface area contributed by atoms with Crippen LogP contribution in [0.2, 0.25) is 5.02 Å². The standard InChI is InChI=1S/C9H9ClO3.C6H11NO.C2H6/c1-5-2-6(4-7(10)3-5)8(11)9(12)13;7-6(8)5-3-1-2-4-5;1-2/h2-4,8,11H,1H3,(H,12,13);5H,1-4H2,(H2,7,8);1-2H3/p-1. The number of aryl methyl sites for hydroxylation is 1. The van der Waals surface area contributed by atoms with Gasteiger partial charge in [0, 0.05) is 10.9 Å². The van der Waals surface area contributed by atoms with E-state index < -0.39 is 12.1 Å². The van der Waals surface area contributed by atoms with Crippen LogP contribution in [0.1, 0.15) is 56.8 Å². The molecule has 3 N–H and O–H groups in total. The van der Waals surface area contributed by atoms with E-state index in [-0.39, 0.29) is 17.4 Å². The molecular formula is C17H25ClNO4-. The number of carbonyl (C=O) groups is 2. The van der Waals surface area contributed by atoms with Crippen LogP contribution in [0.4, 0.5) is 0 Å². The number of aliphatic hydroxyl groups is 1. The summed E-state index contributed by atoms with van der Waals surface area (Å²) in [5.74, 6) is -1.43. The molecule has 1 fully saturated rings. The van der Waals surface area contributed by atoms with Gasteiger partial charge in [0.05, 0.1) is 5.97 Å². The molecule has 0 heterocycles. The van der Waals surface area contributed by atoms with Gasteiger partial charge in [-0.25, -0.2) is 0 Å². The molecule has 1 aromatic rings. The molecule has 1 atom stereocenters. The summed E-state index contributed by atoms with van der Waals surface area (Å²) in [6.45, 7) is 5.76. The summed E-state index contributed by atoms with van der Waals surface area (Å²) in [7, 11) is 0. The number of carboxylic acids is 1. The van der Waals surface area contributed by atoms with E-state index >= 15 is 0 Å². The van der Waals surface area contributed by atoms with Crippen LogP contribution >= 0.6 is 11.6 Å². The van der Waals surface area contributed by atoms with Crippen molar-refractivity contribution < 1.29 is 19.8 Å². The van der Waals surface area contributed by atoms with E-state index in [1.165, 1.54) is 18.9 Å². The van der Waals surface area contributed by atoms with Crippen LogP contribution in [-0.2, 0) is 9.59 Å². The molecular weight excluding hydrogens is 318 g/mol. The van der Waals surface area contributed by atoms with Crippen molar-refractivity contribution in [1.82, 2.24) is 0 Å². The summed E-state index contributed by atoms with van der Waals surface area (Å²) in [5.41, 5.74) is 6.09. The fourth-order valence-electron chi connectivity index (χ4n) is 2.27. The van der Waals surface area contributed by atoms with Crippen molar-refractivity contribution in [1.29, 1.82) is 0 Å². The quantitative estimate of drug-likeness (QED) is 0.877. The molecule has 130 valence electrons. The third-order valence-electron chi connectivity index (χ3n) is 3.36. The Bertz CT molecular complexity index is 493. The Balaban J connectivity index is 0.000000414. The first kappa shape index (κ1) is 21.4. The van der Waals surface area contributed by atoms with E-state index in [0.29, 0.717) is 5.02 Å². The maximum Gasteiger partial charge on any atom is 0.220 e. The van der Waals surface area contributed by atoms with Crippen LogP contribution in [0.15, 0.2) is 18.2 Å². The molecule has 1 aliphatic rings. The van der Waals surface area contributed by atoms with Crippen molar-refractivity contribution in [3.05, 3.63) is 34.3 Å². The van der Waals surface area contributed by atoms with Crippen LogP contribution in [0.3, 0.4) is 0 Å². The number of amides is 1. The van der Waals surface area contributed by atoms with Gasteiger partial charge in [0.2, 0.25) is 5.91 Å². The van der Waals surface area contributed by atoms with E-state index in [1.807, 2.05) is 13.8 Å². The molecule has 0 bridgehead atoms. The summed E-state index contributed by atoms with van der Waals surface area (Å²) in [5, 5.41) is 19.8. The van der Waals surface area contributed by atoms with E-state index in [1.54, 1.807) is 19.1 Å². The van der Waals surface area contributed by atoms with Crippen molar-refractivity contribution >= 4 is 23.5 Å². The SMILES string of the molecule is CC.Cc1cc(Cl)cc(C(O)C(=O)[O-])c1.NC(=O)C1CCCC1. The van der Waals surface area contributed by atoms with E-state index in [2.05, 4.69) is 0 Å². The normalized spacial score (nSPS) is 14.8. The Morgan fingerprint density at radius 1 is 1.26 bits per heavy atom. The number of carboxylic acid groups (broad SMARTS) is 1. The Morgan fingerprint density at radius 2 is 1.78 bits per heavy atom. The molecule has 1 amide bonds. The van der Waals surface area contributed by atoms with Gasteiger partial charge in [0.25, 0.3) is 0 Å². The smallest absolute Gasteiger partial charge is 0.220 e. The van der Waals surface area contributed by atoms with E-state index in [4.69, 9.17) is 22.4 Å². The van der Waals surface area contributed by atoms with Gasteiger partial charge in [0.15, 0.2) is 0 Å². The summed E-state index contributed by atoms with van der Waals surface area (Å²) < 4.78 is 0. The molecule has 1 saturated carbocycles. The van der Waals surface area contributed by atoms with Crippen molar-refractivity contribution in [2.24, 2.45) is 11.7 Å². The minimum atomic E-state index is -1.61. The van der Waals surface area contributed by atoms with Gasteiger partial charge >= 0.3 is 0 Å². The van der Waals surface area contributed by atoms with Gasteiger partial charge in [-0.2, -0.15) is 0 Å². The Labute approximate surface area is 142 Å². The number of rotatable bonds is 3. The number of hydrogen-bond donors (Lipinski definition) is 2. The second kappa shape index (κ2) is 11.0. The number of primary amides is 1. The van der Waals surface area contributed by atoms with Crippen molar-refractivity contribution in [2.75, 3.05) is 0 Å². The zero-order chi connectivity index (χ0) is 18.0.